The maximum atomic E-state index is 15.0. The number of nitrogens with one attached hydrogen (secondary N) is 1. The summed E-state index contributed by atoms with van der Waals surface area (Å²) in [6.45, 7) is 0. The molecule has 3 aromatic carbocycles. The third-order valence-electron chi connectivity index (χ3n) is 5.24. The first-order chi connectivity index (χ1) is 17.1. The third kappa shape index (κ3) is 5.91. The van der Waals surface area contributed by atoms with Crippen LogP contribution in [0.2, 0.25) is 0 Å². The number of rotatable bonds is 6. The fourth-order valence-electron chi connectivity index (χ4n) is 3.34. The van der Waals surface area contributed by atoms with E-state index in [1.807, 2.05) is 0 Å². The van der Waals surface area contributed by atoms with Gasteiger partial charge in [0.25, 0.3) is 5.91 Å². The molecule has 196 valence electrons. The fraction of sp³-hybridized carbons (Fsp3) is 0.167. The second kappa shape index (κ2) is 10.8. The number of Topliss-reactive ketones (excluding diaryl/α,β-unsaturated/α-hetero) is 1. The average molecular weight is 753 g/mol. The maximum absolute atomic E-state index is 15.0. The summed E-state index contributed by atoms with van der Waals surface area (Å²) in [7, 11) is 0. The number of carbonyl (C=O) groups is 2. The van der Waals surface area contributed by atoms with Crippen molar-refractivity contribution in [3.8, 4) is 0 Å². The molecule has 37 heavy (non-hydrogen) atoms. The Morgan fingerprint density at radius 1 is 0.784 bits per heavy atom. The Morgan fingerprint density at radius 3 is 1.84 bits per heavy atom. The molecule has 0 heterocycles. The van der Waals surface area contributed by atoms with E-state index in [0.717, 1.165) is 6.07 Å². The van der Waals surface area contributed by atoms with Gasteiger partial charge in [-0.15, -0.1) is 0 Å². The number of ketones is 1. The molecule has 13 heteroatoms. The predicted octanol–water partition coefficient (Wildman–Crippen LogP) is 8.00. The van der Waals surface area contributed by atoms with Crippen LogP contribution in [0.3, 0.4) is 0 Å². The first-order valence-corrected chi connectivity index (χ1v) is 12.2. The number of benzene rings is 3. The molecule has 0 atom stereocenters. The molecule has 3 rings (SSSR count). The molecule has 3 nitrogen and oxygen atoms in total. The molecule has 0 unspecified atom stereocenters. The first kappa shape index (κ1) is 29.3. The van der Waals surface area contributed by atoms with Gasteiger partial charge in [0.15, 0.2) is 11.6 Å². The van der Waals surface area contributed by atoms with E-state index >= 15 is 4.39 Å². The van der Waals surface area contributed by atoms with E-state index in [1.165, 1.54) is 69.4 Å². The van der Waals surface area contributed by atoms with Gasteiger partial charge in [0.1, 0.15) is 0 Å². The van der Waals surface area contributed by atoms with Crippen LogP contribution in [0.1, 0.15) is 31.8 Å². The van der Waals surface area contributed by atoms with Crippen molar-refractivity contribution < 1.29 is 44.7 Å². The van der Waals surface area contributed by atoms with Gasteiger partial charge >= 0.3 is 18.0 Å². The van der Waals surface area contributed by atoms with Crippen molar-refractivity contribution in [1.29, 1.82) is 0 Å². The zero-order valence-electron chi connectivity index (χ0n) is 18.1. The molecular weight excluding hydrogens is 740 g/mol. The molecular formula is C24H13F8I2NO2. The average Bonchev–Trinajstić information content (AvgIpc) is 2.81. The lowest BCUT2D eigenvalue weighted by molar-refractivity contribution is -0.348. The summed E-state index contributed by atoms with van der Waals surface area (Å²) in [6.07, 6.45) is -13.2. The molecule has 0 fully saturated rings. The SMILES string of the molecule is O=C(Nc1cccc(C(=O)Cc2c(I)cc(C(F)(C(F)(F)F)C(F)(F)F)cc2I)c1F)c1ccccc1. The zero-order valence-corrected chi connectivity index (χ0v) is 22.4. The summed E-state index contributed by atoms with van der Waals surface area (Å²) in [5.41, 5.74) is -7.87. The van der Waals surface area contributed by atoms with E-state index in [1.54, 1.807) is 18.2 Å². The molecule has 3 aromatic rings. The minimum absolute atomic E-state index is 0.0141. The van der Waals surface area contributed by atoms with E-state index in [0.29, 0.717) is 12.1 Å². The topological polar surface area (TPSA) is 46.2 Å². The highest BCUT2D eigenvalue weighted by Crippen LogP contribution is 2.53. The van der Waals surface area contributed by atoms with E-state index in [-0.39, 0.29) is 24.0 Å². The highest BCUT2D eigenvalue weighted by molar-refractivity contribution is 14.1. The van der Waals surface area contributed by atoms with Crippen molar-refractivity contribution in [3.63, 3.8) is 0 Å². The van der Waals surface area contributed by atoms with Crippen LogP contribution in [-0.4, -0.2) is 24.0 Å². The van der Waals surface area contributed by atoms with Crippen molar-refractivity contribution in [2.24, 2.45) is 0 Å². The highest BCUT2D eigenvalue weighted by Gasteiger charge is 2.73. The van der Waals surface area contributed by atoms with Crippen molar-refractivity contribution in [2.45, 2.75) is 24.4 Å². The first-order valence-electron chi connectivity index (χ1n) is 10.1. The van der Waals surface area contributed by atoms with Crippen molar-refractivity contribution in [3.05, 3.63) is 95.9 Å². The second-order valence-electron chi connectivity index (χ2n) is 7.66. The number of anilines is 1. The predicted molar refractivity (Wildman–Crippen MR) is 136 cm³/mol. The third-order valence-corrected chi connectivity index (χ3v) is 7.17. The van der Waals surface area contributed by atoms with E-state index in [9.17, 15) is 40.3 Å². The number of amides is 1. The molecule has 0 radical (unpaired) electrons. The van der Waals surface area contributed by atoms with Crippen LogP contribution >= 0.6 is 45.2 Å². The number of carbonyl (C=O) groups excluding carboxylic acids is 2. The lowest BCUT2D eigenvalue weighted by Gasteiger charge is -2.31. The Bertz CT molecular complexity index is 1300. The van der Waals surface area contributed by atoms with Gasteiger partial charge in [0.05, 0.1) is 11.3 Å². The van der Waals surface area contributed by atoms with Crippen LogP contribution in [0.15, 0.2) is 60.7 Å². The summed E-state index contributed by atoms with van der Waals surface area (Å²) in [5, 5.41) is 2.34. The molecule has 1 N–H and O–H groups in total. The van der Waals surface area contributed by atoms with Crippen LogP contribution < -0.4 is 5.32 Å². The van der Waals surface area contributed by atoms with Crippen molar-refractivity contribution in [1.82, 2.24) is 0 Å². The lowest BCUT2D eigenvalue weighted by Crippen LogP contribution is -2.50. The number of alkyl halides is 7. The smallest absolute Gasteiger partial charge is 0.319 e. The largest absolute Gasteiger partial charge is 0.435 e. The molecule has 0 aliphatic heterocycles. The number of halogens is 10. The van der Waals surface area contributed by atoms with Crippen LogP contribution in [0.25, 0.3) is 0 Å². The van der Waals surface area contributed by atoms with Gasteiger partial charge in [-0.3, -0.25) is 9.59 Å². The molecule has 0 spiro atoms. The molecule has 0 saturated heterocycles. The van der Waals surface area contributed by atoms with Crippen molar-refractivity contribution >= 4 is 62.6 Å². The Hall–Kier alpha value is -2.30. The number of hydrogen-bond donors (Lipinski definition) is 1. The maximum Gasteiger partial charge on any atom is 0.435 e. The molecule has 0 aliphatic rings. The Kier molecular flexibility index (Phi) is 8.56. The van der Waals surface area contributed by atoms with Crippen LogP contribution in [-0.2, 0) is 12.1 Å². The van der Waals surface area contributed by atoms with Gasteiger partial charge < -0.3 is 5.32 Å². The summed E-state index contributed by atoms with van der Waals surface area (Å²) in [4.78, 5) is 25.2. The monoisotopic (exact) mass is 753 g/mol. The highest BCUT2D eigenvalue weighted by atomic mass is 127. The molecule has 1 amide bonds. The van der Waals surface area contributed by atoms with Gasteiger partial charge in [-0.25, -0.2) is 8.78 Å². The van der Waals surface area contributed by atoms with Gasteiger partial charge in [-0.2, -0.15) is 26.3 Å². The van der Waals surface area contributed by atoms with Crippen LogP contribution in [0, 0.1) is 13.0 Å². The summed E-state index contributed by atoms with van der Waals surface area (Å²) in [5.74, 6) is -2.58. The molecule has 0 aliphatic carbocycles. The number of hydrogen-bond acceptors (Lipinski definition) is 2. The van der Waals surface area contributed by atoms with E-state index in [2.05, 4.69) is 5.32 Å². The summed E-state index contributed by atoms with van der Waals surface area (Å²) >= 11 is 2.78. The molecule has 0 saturated carbocycles. The normalized spacial score (nSPS) is 12.4. The van der Waals surface area contributed by atoms with E-state index < -0.39 is 53.1 Å². The van der Waals surface area contributed by atoms with Gasteiger partial charge in [0.2, 0.25) is 0 Å². The summed E-state index contributed by atoms with van der Waals surface area (Å²) < 4.78 is 108. The molecule has 0 aromatic heterocycles. The second-order valence-corrected chi connectivity index (χ2v) is 9.98. The summed E-state index contributed by atoms with van der Waals surface area (Å²) in [6, 6.07) is 12.2. The Labute approximate surface area is 231 Å². The van der Waals surface area contributed by atoms with Gasteiger partial charge in [-0.05, 0) is 87.1 Å². The van der Waals surface area contributed by atoms with Crippen molar-refractivity contribution in [2.75, 3.05) is 5.32 Å². The minimum Gasteiger partial charge on any atom is -0.319 e. The minimum atomic E-state index is -6.29. The molecule has 0 bridgehead atoms. The Balaban J connectivity index is 1.92. The van der Waals surface area contributed by atoms with E-state index in [4.69, 9.17) is 0 Å². The zero-order chi connectivity index (χ0) is 27.8. The quantitative estimate of drug-likeness (QED) is 0.158. The fourth-order valence-corrected chi connectivity index (χ4v) is 5.49. The standard InChI is InChI=1S/C24H13F8I2NO2/c25-20-14(7-4-8-18(20)35-21(37)12-5-2-1-3-6-12)19(36)11-15-16(33)9-13(10-17(15)34)22(26,23(27,28)29)24(30,31)32/h1-10H,11H2,(H,35,37). The Morgan fingerprint density at radius 2 is 1.32 bits per heavy atom. The van der Waals surface area contributed by atoms with Gasteiger partial charge in [-0.1, -0.05) is 24.3 Å². The van der Waals surface area contributed by atoms with Crippen LogP contribution in [0.5, 0.6) is 0 Å². The lowest BCUT2D eigenvalue weighted by atomic mass is 9.92. The van der Waals surface area contributed by atoms with Gasteiger partial charge in [0, 0.05) is 24.7 Å². The van der Waals surface area contributed by atoms with Crippen LogP contribution in [0.4, 0.5) is 40.8 Å².